The maximum atomic E-state index is 5.20. The number of nitrogens with one attached hydrogen (secondary N) is 1. The zero-order valence-electron chi connectivity index (χ0n) is 29.7. The fourth-order valence-electron chi connectivity index (χ4n) is 7.39. The molecule has 4 heteroatoms. The van der Waals surface area contributed by atoms with Crippen molar-refractivity contribution in [2.45, 2.75) is 0 Å². The summed E-state index contributed by atoms with van der Waals surface area (Å²) in [6.07, 6.45) is 5.65. The molecular weight excluding hydrogens is 657 g/mol. The molecule has 0 aliphatic heterocycles. The highest BCUT2D eigenvalue weighted by Gasteiger charge is 2.17. The van der Waals surface area contributed by atoms with Gasteiger partial charge in [-0.2, -0.15) is 0 Å². The van der Waals surface area contributed by atoms with Crippen molar-refractivity contribution in [3.8, 4) is 39.5 Å². The van der Waals surface area contributed by atoms with E-state index in [0.29, 0.717) is 5.82 Å². The number of aromatic nitrogens is 3. The van der Waals surface area contributed by atoms with Crippen LogP contribution in [0.4, 0.5) is 11.4 Å². The first-order valence-corrected chi connectivity index (χ1v) is 18.0. The minimum atomic E-state index is 0.683. The van der Waals surface area contributed by atoms with Crippen molar-refractivity contribution in [2.24, 2.45) is 0 Å². The minimum absolute atomic E-state index is 0.683. The first-order valence-electron chi connectivity index (χ1n) is 18.0. The molecule has 256 valence electrons. The molecule has 2 heterocycles. The summed E-state index contributed by atoms with van der Waals surface area (Å²) in [4.78, 5) is 10.2. The highest BCUT2D eigenvalue weighted by atomic mass is 15.0. The van der Waals surface area contributed by atoms with E-state index >= 15 is 0 Å². The van der Waals surface area contributed by atoms with E-state index in [9.17, 15) is 0 Å². The Morgan fingerprint density at radius 3 is 1.87 bits per heavy atom. The van der Waals surface area contributed by atoms with E-state index in [-0.39, 0.29) is 0 Å². The van der Waals surface area contributed by atoms with Gasteiger partial charge in [0.2, 0.25) is 0 Å². The van der Waals surface area contributed by atoms with E-state index in [1.165, 1.54) is 10.8 Å². The van der Waals surface area contributed by atoms with Gasteiger partial charge in [0, 0.05) is 44.3 Å². The lowest BCUT2D eigenvalue weighted by Crippen LogP contribution is -1.98. The summed E-state index contributed by atoms with van der Waals surface area (Å²) in [6.45, 7) is 12.0. The standard InChI is InChI=1S/C50H36N4/c1-4-33-20-25-39(30-34(33)5-2)36-21-23-37(24-22-36)49-43-17-10-12-18-45(43)52-50(53-49)38-26-28-41(29-27-38)54-47-19-13-11-16-42(47)44-31-35(6-3)46(32-48(44)54)51-40-14-8-7-9-15-40/h4-32,51H,1-3H2. The minimum Gasteiger partial charge on any atom is -0.355 e. The van der Waals surface area contributed by atoms with Crippen LogP contribution in [0.5, 0.6) is 0 Å². The number of para-hydroxylation sites is 3. The Labute approximate surface area is 314 Å². The summed E-state index contributed by atoms with van der Waals surface area (Å²) >= 11 is 0. The highest BCUT2D eigenvalue weighted by molar-refractivity contribution is 6.11. The molecule has 0 unspecified atom stereocenters. The summed E-state index contributed by atoms with van der Waals surface area (Å²) in [5.74, 6) is 0.683. The molecule has 0 saturated carbocycles. The van der Waals surface area contributed by atoms with Gasteiger partial charge >= 0.3 is 0 Å². The first kappa shape index (κ1) is 32.6. The molecule has 9 aromatic rings. The number of rotatable bonds is 9. The van der Waals surface area contributed by atoms with Crippen molar-refractivity contribution < 1.29 is 0 Å². The molecule has 9 rings (SSSR count). The Balaban J connectivity index is 1.11. The van der Waals surface area contributed by atoms with Crippen LogP contribution in [0.2, 0.25) is 0 Å². The molecule has 0 atom stereocenters. The lowest BCUT2D eigenvalue weighted by Gasteiger charge is -2.13. The fourth-order valence-corrected chi connectivity index (χ4v) is 7.39. The lowest BCUT2D eigenvalue weighted by atomic mass is 9.97. The van der Waals surface area contributed by atoms with Gasteiger partial charge in [-0.1, -0.05) is 129 Å². The second-order valence-electron chi connectivity index (χ2n) is 13.3. The molecule has 0 radical (unpaired) electrons. The smallest absolute Gasteiger partial charge is 0.160 e. The van der Waals surface area contributed by atoms with Crippen LogP contribution < -0.4 is 5.32 Å². The van der Waals surface area contributed by atoms with Crippen LogP contribution in [-0.2, 0) is 0 Å². The fraction of sp³-hybridized carbons (Fsp3) is 0. The molecular formula is C50H36N4. The molecule has 0 aliphatic carbocycles. The van der Waals surface area contributed by atoms with Gasteiger partial charge in [-0.15, -0.1) is 0 Å². The van der Waals surface area contributed by atoms with Crippen molar-refractivity contribution >= 4 is 62.3 Å². The molecule has 0 spiro atoms. The monoisotopic (exact) mass is 692 g/mol. The van der Waals surface area contributed by atoms with E-state index < -0.39 is 0 Å². The highest BCUT2D eigenvalue weighted by Crippen LogP contribution is 2.38. The van der Waals surface area contributed by atoms with Crippen molar-refractivity contribution in [1.29, 1.82) is 0 Å². The van der Waals surface area contributed by atoms with E-state index in [2.05, 4.69) is 157 Å². The van der Waals surface area contributed by atoms with Crippen LogP contribution in [0.15, 0.2) is 177 Å². The van der Waals surface area contributed by atoms with Gasteiger partial charge in [0.1, 0.15) is 0 Å². The Bertz CT molecular complexity index is 2880. The number of benzene rings is 7. The Kier molecular flexibility index (Phi) is 8.26. The van der Waals surface area contributed by atoms with E-state index in [0.717, 1.165) is 83.6 Å². The van der Waals surface area contributed by atoms with Crippen molar-refractivity contribution in [1.82, 2.24) is 14.5 Å². The van der Waals surface area contributed by atoms with E-state index in [1.807, 2.05) is 48.6 Å². The Morgan fingerprint density at radius 2 is 1.11 bits per heavy atom. The molecule has 0 amide bonds. The molecule has 54 heavy (non-hydrogen) atoms. The topological polar surface area (TPSA) is 42.7 Å². The Hall–Kier alpha value is -7.30. The largest absolute Gasteiger partial charge is 0.355 e. The van der Waals surface area contributed by atoms with Gasteiger partial charge in [0.15, 0.2) is 5.82 Å². The average Bonchev–Trinajstić information content (AvgIpc) is 3.56. The van der Waals surface area contributed by atoms with Crippen LogP contribution >= 0.6 is 0 Å². The molecule has 2 aromatic heterocycles. The number of anilines is 2. The van der Waals surface area contributed by atoms with Crippen LogP contribution in [-0.4, -0.2) is 14.5 Å². The molecule has 0 bridgehead atoms. The van der Waals surface area contributed by atoms with Crippen LogP contribution in [0.3, 0.4) is 0 Å². The van der Waals surface area contributed by atoms with Gasteiger partial charge in [0.05, 0.1) is 22.2 Å². The molecule has 4 nitrogen and oxygen atoms in total. The number of hydrogen-bond donors (Lipinski definition) is 1. The molecule has 1 N–H and O–H groups in total. The van der Waals surface area contributed by atoms with Gasteiger partial charge in [0.25, 0.3) is 0 Å². The average molecular weight is 693 g/mol. The van der Waals surface area contributed by atoms with Gasteiger partial charge in [-0.25, -0.2) is 9.97 Å². The van der Waals surface area contributed by atoms with Gasteiger partial charge in [-0.3, -0.25) is 0 Å². The summed E-state index contributed by atoms with van der Waals surface area (Å²) in [5.41, 5.74) is 14.5. The van der Waals surface area contributed by atoms with Crippen molar-refractivity contribution in [3.63, 3.8) is 0 Å². The normalized spacial score (nSPS) is 11.2. The molecule has 7 aromatic carbocycles. The Morgan fingerprint density at radius 1 is 0.463 bits per heavy atom. The second-order valence-corrected chi connectivity index (χ2v) is 13.3. The third-order valence-corrected chi connectivity index (χ3v) is 10.1. The van der Waals surface area contributed by atoms with Gasteiger partial charge < -0.3 is 9.88 Å². The zero-order valence-corrected chi connectivity index (χ0v) is 29.7. The first-order chi connectivity index (χ1) is 26.6. The summed E-state index contributed by atoms with van der Waals surface area (Å²) < 4.78 is 2.33. The second kappa shape index (κ2) is 13.7. The third-order valence-electron chi connectivity index (χ3n) is 10.1. The molecule has 0 saturated heterocycles. The predicted molar refractivity (Wildman–Crippen MR) is 230 cm³/mol. The van der Waals surface area contributed by atoms with E-state index in [4.69, 9.17) is 9.97 Å². The quantitative estimate of drug-likeness (QED) is 0.164. The van der Waals surface area contributed by atoms with Crippen LogP contribution in [0.1, 0.15) is 16.7 Å². The van der Waals surface area contributed by atoms with E-state index in [1.54, 1.807) is 0 Å². The summed E-state index contributed by atoms with van der Waals surface area (Å²) in [5, 5.41) is 6.99. The van der Waals surface area contributed by atoms with Crippen molar-refractivity contribution in [3.05, 3.63) is 194 Å². The summed E-state index contributed by atoms with van der Waals surface area (Å²) in [7, 11) is 0. The maximum absolute atomic E-state index is 5.20. The number of hydrogen-bond acceptors (Lipinski definition) is 3. The predicted octanol–water partition coefficient (Wildman–Crippen LogP) is 13.4. The number of nitrogens with zero attached hydrogens (tertiary/aromatic N) is 3. The van der Waals surface area contributed by atoms with Crippen LogP contribution in [0, 0.1) is 0 Å². The number of fused-ring (bicyclic) bond motifs is 4. The van der Waals surface area contributed by atoms with Crippen molar-refractivity contribution in [2.75, 3.05) is 5.32 Å². The summed E-state index contributed by atoms with van der Waals surface area (Å²) in [6, 6.07) is 55.0. The van der Waals surface area contributed by atoms with Crippen LogP contribution in [0.25, 0.3) is 90.4 Å². The molecule has 0 fully saturated rings. The lowest BCUT2D eigenvalue weighted by molar-refractivity contribution is 1.17. The molecule has 0 aliphatic rings. The SMILES string of the molecule is C=Cc1ccc(-c2ccc(-c3nc(-c4ccc(-n5c6ccccc6c6cc(C=C)c(Nc7ccccc7)cc65)cc4)nc4ccccc34)cc2)cc1C=C. The van der Waals surface area contributed by atoms with Gasteiger partial charge in [-0.05, 0) is 94.5 Å². The maximum Gasteiger partial charge on any atom is 0.160 e. The zero-order chi connectivity index (χ0) is 36.6. The third kappa shape index (κ3) is 5.76.